The zero-order chi connectivity index (χ0) is 18.5. The van der Waals surface area contributed by atoms with Gasteiger partial charge in [-0.2, -0.15) is 0 Å². The van der Waals surface area contributed by atoms with Crippen molar-refractivity contribution in [1.29, 1.82) is 0 Å². The van der Waals surface area contributed by atoms with Crippen molar-refractivity contribution in [3.05, 3.63) is 75.4 Å². The Bertz CT molecular complexity index is 801. The van der Waals surface area contributed by atoms with Gasteiger partial charge < -0.3 is 20.1 Å². The summed E-state index contributed by atoms with van der Waals surface area (Å²) in [6, 6.07) is 15.4. The third kappa shape index (κ3) is 4.45. The van der Waals surface area contributed by atoms with Gasteiger partial charge in [0.25, 0.3) is 0 Å². The van der Waals surface area contributed by atoms with Crippen LogP contribution in [0.4, 0.5) is 4.79 Å². The van der Waals surface area contributed by atoms with Gasteiger partial charge in [0.1, 0.15) is 12.4 Å². The van der Waals surface area contributed by atoms with Crippen molar-refractivity contribution in [2.24, 2.45) is 0 Å². The number of amides is 2. The molecule has 136 valence electrons. The summed E-state index contributed by atoms with van der Waals surface area (Å²) in [7, 11) is 1.65. The average molecular weight is 417 g/mol. The SMILES string of the molecule is COCC1=C(C)NC(=O)N[C@H]1c1ccc(OCc2ccc(Br)cc2)cc1. The molecule has 1 aliphatic heterocycles. The van der Waals surface area contributed by atoms with E-state index in [2.05, 4.69) is 26.6 Å². The second-order valence-electron chi connectivity index (χ2n) is 6.10. The summed E-state index contributed by atoms with van der Waals surface area (Å²) in [4.78, 5) is 11.8. The minimum absolute atomic E-state index is 0.204. The molecule has 2 aromatic rings. The quantitative estimate of drug-likeness (QED) is 0.737. The number of allylic oxidation sites excluding steroid dienone is 1. The maximum absolute atomic E-state index is 11.8. The van der Waals surface area contributed by atoms with Crippen molar-refractivity contribution in [2.45, 2.75) is 19.6 Å². The number of halogens is 1. The van der Waals surface area contributed by atoms with Crippen LogP contribution in [0.3, 0.4) is 0 Å². The number of ether oxygens (including phenoxy) is 2. The van der Waals surface area contributed by atoms with Crippen LogP contribution in [0.1, 0.15) is 24.1 Å². The zero-order valence-corrected chi connectivity index (χ0v) is 16.3. The number of rotatable bonds is 6. The highest BCUT2D eigenvalue weighted by molar-refractivity contribution is 9.10. The molecule has 3 rings (SSSR count). The number of carbonyl (C=O) groups is 1. The maximum Gasteiger partial charge on any atom is 0.319 e. The lowest BCUT2D eigenvalue weighted by molar-refractivity contribution is 0.209. The van der Waals surface area contributed by atoms with Crippen LogP contribution in [0, 0.1) is 0 Å². The van der Waals surface area contributed by atoms with Gasteiger partial charge in [-0.05, 0) is 42.3 Å². The number of benzene rings is 2. The smallest absolute Gasteiger partial charge is 0.319 e. The molecule has 6 heteroatoms. The first-order chi connectivity index (χ1) is 12.6. The Morgan fingerprint density at radius 3 is 2.38 bits per heavy atom. The van der Waals surface area contributed by atoms with Gasteiger partial charge in [0, 0.05) is 22.9 Å². The van der Waals surface area contributed by atoms with Crippen molar-refractivity contribution in [3.8, 4) is 5.75 Å². The molecule has 0 unspecified atom stereocenters. The van der Waals surface area contributed by atoms with E-state index >= 15 is 0 Å². The maximum atomic E-state index is 11.8. The predicted octanol–water partition coefficient (Wildman–Crippen LogP) is 4.30. The van der Waals surface area contributed by atoms with Crippen molar-refractivity contribution >= 4 is 22.0 Å². The summed E-state index contributed by atoms with van der Waals surface area (Å²) >= 11 is 3.42. The number of nitrogens with one attached hydrogen (secondary N) is 2. The summed E-state index contributed by atoms with van der Waals surface area (Å²) in [6.07, 6.45) is 0. The lowest BCUT2D eigenvalue weighted by Crippen LogP contribution is -2.44. The second-order valence-corrected chi connectivity index (χ2v) is 7.01. The molecule has 2 N–H and O–H groups in total. The van der Waals surface area contributed by atoms with E-state index in [-0.39, 0.29) is 12.1 Å². The lowest BCUT2D eigenvalue weighted by atomic mass is 9.96. The molecule has 1 atom stereocenters. The van der Waals surface area contributed by atoms with Crippen molar-refractivity contribution in [2.75, 3.05) is 13.7 Å². The molecule has 0 saturated carbocycles. The third-order valence-electron chi connectivity index (χ3n) is 4.24. The van der Waals surface area contributed by atoms with E-state index in [9.17, 15) is 4.79 Å². The van der Waals surface area contributed by atoms with Crippen molar-refractivity contribution in [1.82, 2.24) is 10.6 Å². The fraction of sp³-hybridized carbons (Fsp3) is 0.250. The third-order valence-corrected chi connectivity index (χ3v) is 4.77. The second kappa shape index (κ2) is 8.38. The molecule has 0 radical (unpaired) electrons. The van der Waals surface area contributed by atoms with Crippen LogP contribution in [-0.2, 0) is 11.3 Å². The molecule has 0 fully saturated rings. The van der Waals surface area contributed by atoms with E-state index in [1.54, 1.807) is 7.11 Å². The molecule has 0 bridgehead atoms. The van der Waals surface area contributed by atoms with E-state index < -0.39 is 0 Å². The fourth-order valence-electron chi connectivity index (χ4n) is 2.86. The number of methoxy groups -OCH3 is 1. The molecule has 1 aliphatic rings. The topological polar surface area (TPSA) is 59.6 Å². The standard InChI is InChI=1S/C20H21BrN2O3/c1-13-18(12-25-2)19(23-20(24)22-13)15-5-9-17(10-6-15)26-11-14-3-7-16(21)8-4-14/h3-10,19H,11-12H2,1-2H3,(H2,22,23,24)/t19-/m0/s1. The Morgan fingerprint density at radius 2 is 1.73 bits per heavy atom. The lowest BCUT2D eigenvalue weighted by Gasteiger charge is -2.29. The Labute approximate surface area is 161 Å². The average Bonchev–Trinajstić information content (AvgIpc) is 2.64. The summed E-state index contributed by atoms with van der Waals surface area (Å²) < 4.78 is 12.2. The van der Waals surface area contributed by atoms with Gasteiger partial charge in [0.05, 0.1) is 12.6 Å². The largest absolute Gasteiger partial charge is 0.489 e. The summed E-state index contributed by atoms with van der Waals surface area (Å²) in [6.45, 7) is 2.84. The molecule has 2 amide bonds. The van der Waals surface area contributed by atoms with Gasteiger partial charge in [-0.15, -0.1) is 0 Å². The minimum Gasteiger partial charge on any atom is -0.489 e. The first-order valence-corrected chi connectivity index (χ1v) is 9.09. The highest BCUT2D eigenvalue weighted by atomic mass is 79.9. The van der Waals surface area contributed by atoms with Gasteiger partial charge in [-0.3, -0.25) is 0 Å². The van der Waals surface area contributed by atoms with Crippen LogP contribution in [0.25, 0.3) is 0 Å². The number of hydrogen-bond acceptors (Lipinski definition) is 3. The zero-order valence-electron chi connectivity index (χ0n) is 14.7. The summed E-state index contributed by atoms with van der Waals surface area (Å²) in [5, 5.41) is 5.74. The van der Waals surface area contributed by atoms with E-state index in [1.165, 1.54) is 0 Å². The Kier molecular flexibility index (Phi) is 5.96. The monoisotopic (exact) mass is 416 g/mol. The summed E-state index contributed by atoms with van der Waals surface area (Å²) in [5.74, 6) is 0.783. The van der Waals surface area contributed by atoms with Crippen LogP contribution in [0.15, 0.2) is 64.3 Å². The van der Waals surface area contributed by atoms with Crippen molar-refractivity contribution in [3.63, 3.8) is 0 Å². The molecule has 0 aromatic heterocycles. The first-order valence-electron chi connectivity index (χ1n) is 8.30. The van der Waals surface area contributed by atoms with Crippen LogP contribution < -0.4 is 15.4 Å². The molecule has 0 aliphatic carbocycles. The van der Waals surface area contributed by atoms with E-state index in [0.29, 0.717) is 13.2 Å². The number of hydrogen-bond donors (Lipinski definition) is 2. The van der Waals surface area contributed by atoms with E-state index in [1.807, 2.05) is 55.5 Å². The van der Waals surface area contributed by atoms with Gasteiger partial charge in [0.15, 0.2) is 0 Å². The molecule has 1 heterocycles. The highest BCUT2D eigenvalue weighted by Gasteiger charge is 2.26. The predicted molar refractivity (Wildman–Crippen MR) is 104 cm³/mol. The Balaban J connectivity index is 1.71. The van der Waals surface area contributed by atoms with Crippen LogP contribution >= 0.6 is 15.9 Å². The Morgan fingerprint density at radius 1 is 1.04 bits per heavy atom. The Hall–Kier alpha value is -2.31. The highest BCUT2D eigenvalue weighted by Crippen LogP contribution is 2.28. The van der Waals surface area contributed by atoms with Crippen LogP contribution in [0.5, 0.6) is 5.75 Å². The van der Waals surface area contributed by atoms with Crippen LogP contribution in [-0.4, -0.2) is 19.7 Å². The molecule has 5 nitrogen and oxygen atoms in total. The van der Waals surface area contributed by atoms with Gasteiger partial charge >= 0.3 is 6.03 Å². The molecule has 0 saturated heterocycles. The summed E-state index contributed by atoms with van der Waals surface area (Å²) in [5.41, 5.74) is 3.93. The molecule has 26 heavy (non-hydrogen) atoms. The first kappa shape index (κ1) is 18.5. The van der Waals surface area contributed by atoms with Gasteiger partial charge in [-0.1, -0.05) is 40.2 Å². The van der Waals surface area contributed by atoms with Crippen LogP contribution in [0.2, 0.25) is 0 Å². The normalized spacial score (nSPS) is 16.9. The van der Waals surface area contributed by atoms with Gasteiger partial charge in [-0.25, -0.2) is 4.79 Å². The van der Waals surface area contributed by atoms with E-state index in [0.717, 1.165) is 32.6 Å². The number of carbonyl (C=O) groups excluding carboxylic acids is 1. The molecular formula is C20H21BrN2O3. The van der Waals surface area contributed by atoms with E-state index in [4.69, 9.17) is 9.47 Å². The van der Waals surface area contributed by atoms with Crippen molar-refractivity contribution < 1.29 is 14.3 Å². The van der Waals surface area contributed by atoms with Gasteiger partial charge in [0.2, 0.25) is 0 Å². The fourth-order valence-corrected chi connectivity index (χ4v) is 3.12. The minimum atomic E-state index is -0.206. The number of urea groups is 1. The molecule has 0 spiro atoms. The molecular weight excluding hydrogens is 396 g/mol. The molecule has 2 aromatic carbocycles.